The summed E-state index contributed by atoms with van der Waals surface area (Å²) in [6.07, 6.45) is 0.0709. The average Bonchev–Trinajstić information content (AvgIpc) is 3.76. The van der Waals surface area contributed by atoms with Crippen molar-refractivity contribution in [3.8, 4) is 39.8 Å². The van der Waals surface area contributed by atoms with Crippen LogP contribution in [0.5, 0.6) is 17.2 Å². The Morgan fingerprint density at radius 3 is 1.80 bits per heavy atom. The quantitative estimate of drug-likeness (QED) is 0.118. The van der Waals surface area contributed by atoms with E-state index in [0.29, 0.717) is 57.5 Å². The van der Waals surface area contributed by atoms with E-state index in [0.717, 1.165) is 22.4 Å². The molecule has 2 heterocycles. The molecule has 1 N–H and O–H groups in total. The van der Waals surface area contributed by atoms with E-state index in [1.165, 1.54) is 0 Å². The van der Waals surface area contributed by atoms with Crippen molar-refractivity contribution < 1.29 is 33.3 Å². The standard InChI is InChI=1S/C23H25ClN2O4.C15H17ClN2O3/c1-5-29-23(27)21-13-20(17-8-11-22(19(24)12-17)30-15(2)3)25-26(21)14-16-6-9-18(28-4)10-7-16;1-4-20-15(19)13-8-12(17-18-13)10-5-6-14(11(16)7-10)21-9(2)3/h6-13,15H,5,14H2,1-4H3;5-9H,4H2,1-3H3,(H,17,18). The Morgan fingerprint density at radius 2 is 1.29 bits per heavy atom. The van der Waals surface area contributed by atoms with Gasteiger partial charge in [0.1, 0.15) is 28.6 Å². The molecule has 0 amide bonds. The number of aromatic nitrogens is 4. The Hall–Kier alpha value is -5.00. The first-order valence-corrected chi connectivity index (χ1v) is 17.2. The first kappa shape index (κ1) is 38.8. The predicted octanol–water partition coefficient (Wildman–Crippen LogP) is 8.92. The molecule has 0 bridgehead atoms. The van der Waals surface area contributed by atoms with Gasteiger partial charge in [-0.3, -0.25) is 9.78 Å². The number of hydrogen-bond donors (Lipinski definition) is 1. The number of ether oxygens (including phenoxy) is 5. The van der Waals surface area contributed by atoms with Gasteiger partial charge in [0.25, 0.3) is 0 Å². The van der Waals surface area contributed by atoms with Gasteiger partial charge in [-0.05, 0) is 108 Å². The fourth-order valence-corrected chi connectivity index (χ4v) is 5.20. The molecule has 0 saturated heterocycles. The number of benzene rings is 3. The van der Waals surface area contributed by atoms with Crippen LogP contribution in [0.1, 0.15) is 68.1 Å². The van der Waals surface area contributed by atoms with E-state index in [4.69, 9.17) is 46.9 Å². The lowest BCUT2D eigenvalue weighted by Crippen LogP contribution is -2.14. The molecule has 270 valence electrons. The fraction of sp³-hybridized carbons (Fsp3) is 0.316. The molecule has 5 rings (SSSR count). The number of aromatic amines is 1. The van der Waals surface area contributed by atoms with E-state index < -0.39 is 11.9 Å². The summed E-state index contributed by atoms with van der Waals surface area (Å²) in [6.45, 7) is 12.3. The minimum absolute atomic E-state index is 0.0208. The zero-order valence-corrected chi connectivity index (χ0v) is 31.2. The van der Waals surface area contributed by atoms with Gasteiger partial charge in [0.2, 0.25) is 0 Å². The van der Waals surface area contributed by atoms with Gasteiger partial charge in [-0.1, -0.05) is 35.3 Å². The van der Waals surface area contributed by atoms with Crippen LogP contribution in [0, 0.1) is 0 Å². The first-order valence-electron chi connectivity index (χ1n) is 16.5. The van der Waals surface area contributed by atoms with Crippen molar-refractivity contribution in [1.29, 1.82) is 0 Å². The molecule has 0 aliphatic rings. The van der Waals surface area contributed by atoms with E-state index in [2.05, 4.69) is 15.3 Å². The Kier molecular flexibility index (Phi) is 13.9. The minimum atomic E-state index is -0.429. The number of nitrogens with one attached hydrogen (secondary N) is 1. The molecule has 0 radical (unpaired) electrons. The molecule has 5 aromatic rings. The third-order valence-corrected chi connectivity index (χ3v) is 7.60. The summed E-state index contributed by atoms with van der Waals surface area (Å²) in [5, 5.41) is 12.4. The van der Waals surface area contributed by atoms with Crippen molar-refractivity contribution in [2.45, 2.75) is 60.3 Å². The van der Waals surface area contributed by atoms with Crippen molar-refractivity contribution in [2.24, 2.45) is 0 Å². The highest BCUT2D eigenvalue weighted by atomic mass is 35.5. The molecule has 0 aliphatic carbocycles. The fourth-order valence-electron chi connectivity index (χ4n) is 4.75. The number of nitrogens with zero attached hydrogens (tertiary/aromatic N) is 3. The van der Waals surface area contributed by atoms with Crippen molar-refractivity contribution in [2.75, 3.05) is 20.3 Å². The highest BCUT2D eigenvalue weighted by Gasteiger charge is 2.19. The van der Waals surface area contributed by atoms with Crippen LogP contribution in [0.25, 0.3) is 22.5 Å². The van der Waals surface area contributed by atoms with Crippen LogP contribution in [0.4, 0.5) is 0 Å². The summed E-state index contributed by atoms with van der Waals surface area (Å²) in [5.74, 6) is 1.15. The zero-order chi connectivity index (χ0) is 37.1. The maximum Gasteiger partial charge on any atom is 0.356 e. The number of carbonyl (C=O) groups is 2. The van der Waals surface area contributed by atoms with Gasteiger partial charge in [0.05, 0.1) is 60.5 Å². The van der Waals surface area contributed by atoms with Crippen LogP contribution in [-0.4, -0.2) is 64.4 Å². The smallest absolute Gasteiger partial charge is 0.356 e. The third kappa shape index (κ3) is 10.7. The minimum Gasteiger partial charge on any atom is -0.497 e. The lowest BCUT2D eigenvalue weighted by molar-refractivity contribution is 0.0506. The molecular weight excluding hydrogens is 695 g/mol. The highest BCUT2D eigenvalue weighted by Crippen LogP contribution is 2.32. The maximum atomic E-state index is 12.5. The number of methoxy groups -OCH3 is 1. The van der Waals surface area contributed by atoms with Crippen LogP contribution in [-0.2, 0) is 16.0 Å². The summed E-state index contributed by atoms with van der Waals surface area (Å²) >= 11 is 12.6. The summed E-state index contributed by atoms with van der Waals surface area (Å²) in [5.41, 5.74) is 4.50. The van der Waals surface area contributed by atoms with E-state index in [1.807, 2.05) is 70.2 Å². The molecule has 0 aliphatic heterocycles. The molecule has 0 atom stereocenters. The number of carbonyl (C=O) groups excluding carboxylic acids is 2. The maximum absolute atomic E-state index is 12.5. The van der Waals surface area contributed by atoms with Crippen LogP contribution in [0.15, 0.2) is 72.8 Å². The van der Waals surface area contributed by atoms with E-state index in [-0.39, 0.29) is 18.8 Å². The average molecular weight is 738 g/mol. The van der Waals surface area contributed by atoms with Gasteiger partial charge < -0.3 is 23.7 Å². The lowest BCUT2D eigenvalue weighted by atomic mass is 10.1. The van der Waals surface area contributed by atoms with Crippen molar-refractivity contribution in [3.63, 3.8) is 0 Å². The number of hydrogen-bond acceptors (Lipinski definition) is 9. The van der Waals surface area contributed by atoms with Crippen LogP contribution >= 0.6 is 23.2 Å². The van der Waals surface area contributed by atoms with Crippen LogP contribution < -0.4 is 14.2 Å². The second-order valence-electron chi connectivity index (χ2n) is 11.7. The summed E-state index contributed by atoms with van der Waals surface area (Å²) < 4.78 is 28.2. The molecule has 3 aromatic carbocycles. The predicted molar refractivity (Wildman–Crippen MR) is 197 cm³/mol. The number of halogens is 2. The van der Waals surface area contributed by atoms with E-state index >= 15 is 0 Å². The highest BCUT2D eigenvalue weighted by molar-refractivity contribution is 6.32. The molecule has 2 aromatic heterocycles. The molecule has 11 nitrogen and oxygen atoms in total. The summed E-state index contributed by atoms with van der Waals surface area (Å²) in [4.78, 5) is 24.1. The Bertz CT molecular complexity index is 1920. The Morgan fingerprint density at radius 1 is 0.745 bits per heavy atom. The topological polar surface area (TPSA) is 127 Å². The summed E-state index contributed by atoms with van der Waals surface area (Å²) in [7, 11) is 1.62. The second kappa shape index (κ2) is 18.3. The van der Waals surface area contributed by atoms with Crippen molar-refractivity contribution >= 4 is 35.1 Å². The second-order valence-corrected chi connectivity index (χ2v) is 12.5. The lowest BCUT2D eigenvalue weighted by Gasteiger charge is -2.11. The molecule has 51 heavy (non-hydrogen) atoms. The van der Waals surface area contributed by atoms with Gasteiger partial charge in [-0.25, -0.2) is 9.59 Å². The molecule has 0 spiro atoms. The molecule has 0 unspecified atom stereocenters. The zero-order valence-electron chi connectivity index (χ0n) is 29.7. The number of rotatable bonds is 13. The molecule has 0 saturated carbocycles. The molecule has 0 fully saturated rings. The largest absolute Gasteiger partial charge is 0.497 e. The molecule has 13 heteroatoms. The normalized spacial score (nSPS) is 10.8. The summed E-state index contributed by atoms with van der Waals surface area (Å²) in [6, 6.07) is 21.8. The number of H-pyrrole nitrogens is 1. The first-order chi connectivity index (χ1) is 24.4. The van der Waals surface area contributed by atoms with Gasteiger partial charge in [0.15, 0.2) is 0 Å². The van der Waals surface area contributed by atoms with Gasteiger partial charge in [0, 0.05) is 11.1 Å². The van der Waals surface area contributed by atoms with E-state index in [1.54, 1.807) is 56.0 Å². The Labute approximate surface area is 307 Å². The van der Waals surface area contributed by atoms with Gasteiger partial charge >= 0.3 is 11.9 Å². The van der Waals surface area contributed by atoms with Gasteiger partial charge in [-0.2, -0.15) is 10.2 Å². The molecular formula is C38H42Cl2N4O7. The number of esters is 2. The van der Waals surface area contributed by atoms with Crippen molar-refractivity contribution in [1.82, 2.24) is 20.0 Å². The van der Waals surface area contributed by atoms with Gasteiger partial charge in [-0.15, -0.1) is 0 Å². The van der Waals surface area contributed by atoms with Crippen LogP contribution in [0.2, 0.25) is 10.0 Å². The van der Waals surface area contributed by atoms with E-state index in [9.17, 15) is 9.59 Å². The Balaban J connectivity index is 0.000000244. The van der Waals surface area contributed by atoms with Crippen molar-refractivity contribution in [3.05, 3.63) is 99.8 Å². The van der Waals surface area contributed by atoms with Crippen LogP contribution in [0.3, 0.4) is 0 Å². The monoisotopic (exact) mass is 736 g/mol. The SMILES string of the molecule is CCOC(=O)c1cc(-c2ccc(OC(C)C)c(Cl)c2)n[nH]1.CCOC(=O)c1cc(-c2ccc(OC(C)C)c(Cl)c2)nn1Cc1ccc(OC)cc1. The third-order valence-electron chi connectivity index (χ3n) is 7.01.